The van der Waals surface area contributed by atoms with Crippen molar-refractivity contribution in [2.24, 2.45) is 0 Å². The minimum Gasteiger partial charge on any atom is -0.311 e. The van der Waals surface area contributed by atoms with Crippen molar-refractivity contribution in [3.05, 3.63) is 0 Å². The third-order valence-electron chi connectivity index (χ3n) is 2.43. The van der Waals surface area contributed by atoms with Crippen LogP contribution in [0.25, 0.3) is 0 Å². The maximum Gasteiger partial charge on any atom is 0.149 e. The molecule has 0 bridgehead atoms. The summed E-state index contributed by atoms with van der Waals surface area (Å²) in [6.45, 7) is 3.03. The molecule has 0 aromatic carbocycles. The third-order valence-corrected chi connectivity index (χ3v) is 2.43. The molecule has 0 saturated carbocycles. The smallest absolute Gasteiger partial charge is 0.149 e. The fourth-order valence-corrected chi connectivity index (χ4v) is 1.49. The number of hydrogen-bond donors (Lipinski definition) is 1. The highest BCUT2D eigenvalue weighted by atomic mass is 16.1. The van der Waals surface area contributed by atoms with Gasteiger partial charge in [0.2, 0.25) is 0 Å². The predicted molar refractivity (Wildman–Crippen MR) is 60.6 cm³/mol. The van der Waals surface area contributed by atoms with Crippen LogP contribution in [0.5, 0.6) is 0 Å². The Morgan fingerprint density at radius 2 is 2.00 bits per heavy atom. The van der Waals surface area contributed by atoms with E-state index in [-0.39, 0.29) is 6.04 Å². The van der Waals surface area contributed by atoms with Crippen molar-refractivity contribution in [1.29, 1.82) is 0 Å². The van der Waals surface area contributed by atoms with Gasteiger partial charge in [0.05, 0.1) is 6.04 Å². The highest BCUT2D eigenvalue weighted by molar-refractivity contribution is 5.83. The largest absolute Gasteiger partial charge is 0.311 e. The van der Waals surface area contributed by atoms with Crippen molar-refractivity contribution < 1.29 is 4.79 Å². The van der Waals surface area contributed by atoms with E-state index in [1.54, 1.807) is 0 Å². The van der Waals surface area contributed by atoms with Crippen LogP contribution < -0.4 is 5.32 Å². The van der Waals surface area contributed by atoms with E-state index in [9.17, 15) is 4.79 Å². The predicted octanol–water partition coefficient (Wildman–Crippen LogP) is 1.29. The van der Waals surface area contributed by atoms with Gasteiger partial charge in [-0.25, -0.2) is 0 Å². The van der Waals surface area contributed by atoms with Crippen molar-refractivity contribution >= 4 is 5.78 Å². The Balaban J connectivity index is 3.58. The van der Waals surface area contributed by atoms with E-state index in [0.29, 0.717) is 12.2 Å². The summed E-state index contributed by atoms with van der Waals surface area (Å²) in [6.07, 6.45) is 3.90. The molecular formula is C11H24N2O. The molecule has 0 heterocycles. The molecule has 0 unspecified atom stereocenters. The standard InChI is InChI=1S/C11H24N2O/c1-5-11(14)10(12-2)8-6-7-9-13(3)4/h10,12H,5-9H2,1-4H3/t10-/m0/s1. The second-order valence-corrected chi connectivity index (χ2v) is 3.96. The van der Waals surface area contributed by atoms with E-state index in [1.165, 1.54) is 6.42 Å². The van der Waals surface area contributed by atoms with Crippen LogP contribution in [0.4, 0.5) is 0 Å². The molecule has 0 aliphatic rings. The summed E-state index contributed by atoms with van der Waals surface area (Å²) in [5, 5.41) is 3.08. The molecule has 0 aromatic rings. The summed E-state index contributed by atoms with van der Waals surface area (Å²) < 4.78 is 0. The Labute approximate surface area is 87.9 Å². The Morgan fingerprint density at radius 1 is 1.36 bits per heavy atom. The van der Waals surface area contributed by atoms with Gasteiger partial charge < -0.3 is 10.2 Å². The van der Waals surface area contributed by atoms with Crippen molar-refractivity contribution in [2.45, 2.75) is 38.6 Å². The quantitative estimate of drug-likeness (QED) is 0.599. The van der Waals surface area contributed by atoms with Gasteiger partial charge in [-0.05, 0) is 40.5 Å². The Bertz CT molecular complexity index is 157. The molecule has 84 valence electrons. The minimum absolute atomic E-state index is 0.0714. The SMILES string of the molecule is CCC(=O)[C@H](CCCCN(C)C)NC. The van der Waals surface area contributed by atoms with Gasteiger partial charge in [-0.3, -0.25) is 4.79 Å². The van der Waals surface area contributed by atoms with E-state index in [2.05, 4.69) is 24.3 Å². The van der Waals surface area contributed by atoms with Crippen LogP contribution >= 0.6 is 0 Å². The minimum atomic E-state index is 0.0714. The zero-order valence-corrected chi connectivity index (χ0v) is 9.97. The molecule has 0 saturated heterocycles. The highest BCUT2D eigenvalue weighted by Gasteiger charge is 2.12. The van der Waals surface area contributed by atoms with Crippen LogP contribution in [-0.2, 0) is 4.79 Å². The zero-order valence-electron chi connectivity index (χ0n) is 9.97. The Kier molecular flexibility index (Phi) is 7.71. The van der Waals surface area contributed by atoms with Crippen molar-refractivity contribution in [2.75, 3.05) is 27.7 Å². The van der Waals surface area contributed by atoms with Gasteiger partial charge >= 0.3 is 0 Å². The van der Waals surface area contributed by atoms with E-state index in [0.717, 1.165) is 19.4 Å². The molecule has 0 fully saturated rings. The number of carbonyl (C=O) groups excluding carboxylic acids is 1. The summed E-state index contributed by atoms with van der Waals surface area (Å²) in [5.41, 5.74) is 0. The lowest BCUT2D eigenvalue weighted by Crippen LogP contribution is -2.33. The molecule has 0 rings (SSSR count). The second kappa shape index (κ2) is 7.94. The van der Waals surface area contributed by atoms with Crippen LogP contribution in [0.3, 0.4) is 0 Å². The van der Waals surface area contributed by atoms with Crippen LogP contribution in [0, 0.1) is 0 Å². The lowest BCUT2D eigenvalue weighted by molar-refractivity contribution is -0.120. The van der Waals surface area contributed by atoms with E-state index < -0.39 is 0 Å². The maximum absolute atomic E-state index is 11.4. The number of unbranched alkanes of at least 4 members (excludes halogenated alkanes) is 1. The Morgan fingerprint density at radius 3 is 2.43 bits per heavy atom. The van der Waals surface area contributed by atoms with Gasteiger partial charge in [-0.1, -0.05) is 13.3 Å². The molecule has 0 radical (unpaired) electrons. The summed E-state index contributed by atoms with van der Waals surface area (Å²) in [6, 6.07) is 0.0714. The fraction of sp³-hybridized carbons (Fsp3) is 0.909. The third kappa shape index (κ3) is 6.11. The van der Waals surface area contributed by atoms with Crippen molar-refractivity contribution in [3.8, 4) is 0 Å². The van der Waals surface area contributed by atoms with E-state index in [4.69, 9.17) is 0 Å². The fourth-order valence-electron chi connectivity index (χ4n) is 1.49. The van der Waals surface area contributed by atoms with Gasteiger partial charge in [0.25, 0.3) is 0 Å². The summed E-state index contributed by atoms with van der Waals surface area (Å²) in [5.74, 6) is 0.331. The normalized spacial score (nSPS) is 13.2. The highest BCUT2D eigenvalue weighted by Crippen LogP contribution is 2.04. The summed E-state index contributed by atoms with van der Waals surface area (Å²) >= 11 is 0. The van der Waals surface area contributed by atoms with Gasteiger partial charge in [0.15, 0.2) is 0 Å². The van der Waals surface area contributed by atoms with Crippen LogP contribution in [0.2, 0.25) is 0 Å². The molecule has 0 amide bonds. The number of carbonyl (C=O) groups is 1. The van der Waals surface area contributed by atoms with E-state index in [1.807, 2.05) is 14.0 Å². The summed E-state index contributed by atoms with van der Waals surface area (Å²) in [4.78, 5) is 13.6. The van der Waals surface area contributed by atoms with Gasteiger partial charge in [-0.2, -0.15) is 0 Å². The lowest BCUT2D eigenvalue weighted by atomic mass is 10.0. The van der Waals surface area contributed by atoms with Crippen molar-refractivity contribution in [1.82, 2.24) is 10.2 Å². The number of nitrogens with zero attached hydrogens (tertiary/aromatic N) is 1. The lowest BCUT2D eigenvalue weighted by Gasteiger charge is -2.14. The molecule has 0 spiro atoms. The first kappa shape index (κ1) is 13.6. The average molecular weight is 200 g/mol. The first-order valence-corrected chi connectivity index (χ1v) is 5.46. The van der Waals surface area contributed by atoms with Crippen LogP contribution in [0.1, 0.15) is 32.6 Å². The first-order valence-electron chi connectivity index (χ1n) is 5.46. The number of nitrogens with one attached hydrogen (secondary N) is 1. The monoisotopic (exact) mass is 200 g/mol. The van der Waals surface area contributed by atoms with Crippen molar-refractivity contribution in [3.63, 3.8) is 0 Å². The number of ketones is 1. The van der Waals surface area contributed by atoms with Gasteiger partial charge in [0.1, 0.15) is 5.78 Å². The molecule has 0 aliphatic carbocycles. The maximum atomic E-state index is 11.4. The van der Waals surface area contributed by atoms with Crippen LogP contribution in [-0.4, -0.2) is 44.4 Å². The molecule has 1 N–H and O–H groups in total. The number of hydrogen-bond acceptors (Lipinski definition) is 3. The van der Waals surface area contributed by atoms with E-state index >= 15 is 0 Å². The Hall–Kier alpha value is -0.410. The second-order valence-electron chi connectivity index (χ2n) is 3.96. The molecule has 3 nitrogen and oxygen atoms in total. The molecule has 3 heteroatoms. The topological polar surface area (TPSA) is 32.3 Å². The number of Topliss-reactive ketones (excluding diaryl/α,β-unsaturated/α-hetero) is 1. The zero-order chi connectivity index (χ0) is 11.0. The first-order chi connectivity index (χ1) is 6.61. The average Bonchev–Trinajstić information content (AvgIpc) is 2.16. The number of likely N-dealkylation sites (N-methyl/N-ethyl adjacent to an activating group) is 1. The molecule has 0 aromatic heterocycles. The van der Waals surface area contributed by atoms with Gasteiger partial charge in [0, 0.05) is 6.42 Å². The summed E-state index contributed by atoms with van der Waals surface area (Å²) in [7, 11) is 6.02. The molecule has 0 aliphatic heterocycles. The number of rotatable bonds is 8. The van der Waals surface area contributed by atoms with Crippen LogP contribution in [0.15, 0.2) is 0 Å². The molecule has 1 atom stereocenters. The molecule has 14 heavy (non-hydrogen) atoms. The van der Waals surface area contributed by atoms with Gasteiger partial charge in [-0.15, -0.1) is 0 Å². The molecular weight excluding hydrogens is 176 g/mol.